The summed E-state index contributed by atoms with van der Waals surface area (Å²) >= 11 is 6.38. The smallest absolute Gasteiger partial charge is 0.300 e. The first-order valence-corrected chi connectivity index (χ1v) is 10.7. The van der Waals surface area contributed by atoms with E-state index >= 15 is 0 Å². The van der Waals surface area contributed by atoms with Crippen LogP contribution in [0.4, 0.5) is 13.2 Å². The zero-order valence-electron chi connectivity index (χ0n) is 17.5. The van der Waals surface area contributed by atoms with Crippen LogP contribution in [-0.4, -0.2) is 10.7 Å². The first-order valence-electron chi connectivity index (χ1n) is 10.3. The van der Waals surface area contributed by atoms with Crippen LogP contribution in [0.25, 0.3) is 0 Å². The van der Waals surface area contributed by atoms with Crippen molar-refractivity contribution in [2.24, 2.45) is 0 Å². The Morgan fingerprint density at radius 1 is 0.879 bits per heavy atom. The highest BCUT2D eigenvalue weighted by atomic mass is 35.5. The maximum atomic E-state index is 13.2. The molecular weight excluding hydrogens is 445 g/mol. The van der Waals surface area contributed by atoms with E-state index in [1.54, 1.807) is 0 Å². The van der Waals surface area contributed by atoms with Gasteiger partial charge >= 0.3 is 6.18 Å². The number of nitrogens with one attached hydrogen (secondary N) is 1. The van der Waals surface area contributed by atoms with E-state index in [1.807, 2.05) is 84.9 Å². The lowest BCUT2D eigenvalue weighted by Gasteiger charge is -2.22. The van der Waals surface area contributed by atoms with Crippen molar-refractivity contribution in [1.82, 2.24) is 4.98 Å². The van der Waals surface area contributed by atoms with Gasteiger partial charge in [-0.25, -0.2) is 0 Å². The lowest BCUT2D eigenvalue weighted by molar-refractivity contribution is -0.137. The van der Waals surface area contributed by atoms with Crippen molar-refractivity contribution in [1.29, 1.82) is 5.41 Å². The van der Waals surface area contributed by atoms with Gasteiger partial charge in [-0.05, 0) is 23.6 Å². The van der Waals surface area contributed by atoms with E-state index in [-0.39, 0.29) is 5.02 Å². The molecule has 0 radical (unpaired) electrons. The van der Waals surface area contributed by atoms with Gasteiger partial charge in [-0.2, -0.15) is 13.2 Å². The molecule has 1 aromatic heterocycles. The molecule has 4 aromatic rings. The van der Waals surface area contributed by atoms with Gasteiger partial charge in [-0.3, -0.25) is 10.4 Å². The summed E-state index contributed by atoms with van der Waals surface area (Å²) in [5, 5.41) is 8.77. The Labute approximate surface area is 195 Å². The fourth-order valence-corrected chi connectivity index (χ4v) is 4.15. The average Bonchev–Trinajstić information content (AvgIpc) is 2.83. The Bertz CT molecular complexity index is 1260. The van der Waals surface area contributed by atoms with Gasteiger partial charge in [0.2, 0.25) is 0 Å². The summed E-state index contributed by atoms with van der Waals surface area (Å²) in [4.78, 5) is 4.17. The summed E-state index contributed by atoms with van der Waals surface area (Å²) in [6, 6.07) is 27.3. The lowest BCUT2D eigenvalue weighted by atomic mass is 9.83. The summed E-state index contributed by atoms with van der Waals surface area (Å²) in [7, 11) is 0. The Morgan fingerprint density at radius 3 is 2.12 bits per heavy atom. The van der Waals surface area contributed by atoms with E-state index in [9.17, 15) is 13.2 Å². The van der Waals surface area contributed by atoms with E-state index in [2.05, 4.69) is 4.98 Å². The molecule has 6 heteroatoms. The van der Waals surface area contributed by atoms with Crippen LogP contribution in [0.3, 0.4) is 0 Å². The summed E-state index contributed by atoms with van der Waals surface area (Å²) < 4.78 is 39.6. The quantitative estimate of drug-likeness (QED) is 0.294. The highest BCUT2D eigenvalue weighted by molar-refractivity contribution is 6.31. The fraction of sp³-hybridized carbons (Fsp3) is 0.111. The number of halogens is 4. The molecule has 0 fully saturated rings. The van der Waals surface area contributed by atoms with E-state index in [1.165, 1.54) is 0 Å². The monoisotopic (exact) mass is 464 g/mol. The van der Waals surface area contributed by atoms with Crippen LogP contribution < -0.4 is 0 Å². The third-order valence-corrected chi connectivity index (χ3v) is 5.78. The average molecular weight is 465 g/mol. The summed E-state index contributed by atoms with van der Waals surface area (Å²) in [5.41, 5.74) is 2.98. The molecule has 33 heavy (non-hydrogen) atoms. The highest BCUT2D eigenvalue weighted by Gasteiger charge is 2.33. The number of benzene rings is 3. The molecule has 0 spiro atoms. The number of pyridine rings is 1. The molecule has 1 unspecified atom stereocenters. The van der Waals surface area contributed by atoms with Crippen LogP contribution in [0.1, 0.15) is 39.4 Å². The van der Waals surface area contributed by atoms with Crippen molar-refractivity contribution in [2.75, 3.05) is 0 Å². The van der Waals surface area contributed by atoms with Gasteiger partial charge in [0, 0.05) is 23.2 Å². The van der Waals surface area contributed by atoms with Crippen LogP contribution in [0, 0.1) is 5.41 Å². The Hall–Kier alpha value is -3.44. The van der Waals surface area contributed by atoms with E-state index in [0.717, 1.165) is 29.0 Å². The fourth-order valence-electron chi connectivity index (χ4n) is 3.85. The van der Waals surface area contributed by atoms with Gasteiger partial charge < -0.3 is 0 Å². The third kappa shape index (κ3) is 5.15. The second-order valence-corrected chi connectivity index (χ2v) is 8.07. The third-order valence-electron chi connectivity index (χ3n) is 5.48. The van der Waals surface area contributed by atoms with Crippen molar-refractivity contribution >= 4 is 17.3 Å². The molecule has 0 saturated carbocycles. The molecule has 2 nitrogen and oxygen atoms in total. The van der Waals surface area contributed by atoms with Crippen molar-refractivity contribution in [3.8, 4) is 0 Å². The van der Waals surface area contributed by atoms with Crippen LogP contribution >= 0.6 is 11.6 Å². The topological polar surface area (TPSA) is 36.7 Å². The van der Waals surface area contributed by atoms with Crippen molar-refractivity contribution in [3.05, 3.63) is 136 Å². The molecule has 0 aliphatic rings. The summed E-state index contributed by atoms with van der Waals surface area (Å²) in [5.74, 6) is -0.442. The molecule has 1 atom stereocenters. The van der Waals surface area contributed by atoms with Gasteiger partial charge in [-0.15, -0.1) is 0 Å². The van der Waals surface area contributed by atoms with Crippen molar-refractivity contribution in [3.63, 3.8) is 0 Å². The molecule has 3 aromatic carbocycles. The van der Waals surface area contributed by atoms with E-state index in [4.69, 9.17) is 17.0 Å². The van der Waals surface area contributed by atoms with E-state index in [0.29, 0.717) is 23.4 Å². The molecule has 4 rings (SSSR count). The number of rotatable bonds is 6. The first kappa shape index (κ1) is 22.7. The minimum atomic E-state index is -4.53. The van der Waals surface area contributed by atoms with Gasteiger partial charge in [0.25, 0.3) is 0 Å². The van der Waals surface area contributed by atoms with Crippen LogP contribution in [-0.2, 0) is 12.6 Å². The van der Waals surface area contributed by atoms with Gasteiger partial charge in [0.1, 0.15) is 0 Å². The van der Waals surface area contributed by atoms with Crippen LogP contribution in [0.2, 0.25) is 5.02 Å². The molecule has 1 heterocycles. The first-order chi connectivity index (χ1) is 15.8. The predicted octanol–water partition coefficient (Wildman–Crippen LogP) is 7.54. The largest absolute Gasteiger partial charge is 0.417 e. The molecule has 0 saturated heterocycles. The Balaban J connectivity index is 1.85. The molecule has 0 aliphatic heterocycles. The number of hydrogen-bond acceptors (Lipinski definition) is 2. The number of hydrogen-bond donors (Lipinski definition) is 1. The number of aromatic nitrogens is 1. The van der Waals surface area contributed by atoms with Crippen molar-refractivity contribution < 1.29 is 13.2 Å². The Morgan fingerprint density at radius 2 is 1.48 bits per heavy atom. The molecular formula is C27H20ClF3N2. The predicted molar refractivity (Wildman–Crippen MR) is 125 cm³/mol. The normalized spacial score (nSPS) is 12.4. The molecule has 0 amide bonds. The zero-order chi connectivity index (χ0) is 23.4. The van der Waals surface area contributed by atoms with Crippen LogP contribution in [0.5, 0.6) is 0 Å². The molecule has 0 aliphatic carbocycles. The van der Waals surface area contributed by atoms with Crippen molar-refractivity contribution in [2.45, 2.75) is 18.5 Å². The van der Waals surface area contributed by atoms with Gasteiger partial charge in [0.15, 0.2) is 0 Å². The molecule has 1 N–H and O–H groups in total. The minimum Gasteiger partial charge on any atom is -0.300 e. The second-order valence-electron chi connectivity index (χ2n) is 7.66. The standard InChI is InChI=1S/C27H20ClF3N2/c28-24-16-20(27(29,30)31)17-33-26(24)23(15-18-9-3-1-4-10-18)21-13-7-8-14-22(21)25(32)19-11-5-2-6-12-19/h1-14,16-17,23,32H,15H2. The highest BCUT2D eigenvalue weighted by Crippen LogP contribution is 2.37. The minimum absolute atomic E-state index is 0.0493. The Kier molecular flexibility index (Phi) is 6.61. The summed E-state index contributed by atoms with van der Waals surface area (Å²) in [6.45, 7) is 0. The lowest BCUT2D eigenvalue weighted by Crippen LogP contribution is -2.15. The SMILES string of the molecule is N=C(c1ccccc1)c1ccccc1C(Cc1ccccc1)c1ncc(C(F)(F)F)cc1Cl. The molecule has 0 bridgehead atoms. The van der Waals surface area contributed by atoms with Gasteiger partial charge in [-0.1, -0.05) is 96.5 Å². The van der Waals surface area contributed by atoms with Crippen LogP contribution in [0.15, 0.2) is 97.2 Å². The van der Waals surface area contributed by atoms with E-state index < -0.39 is 17.7 Å². The maximum Gasteiger partial charge on any atom is 0.417 e. The maximum absolute atomic E-state index is 13.2. The number of nitrogens with zero attached hydrogens (tertiary/aromatic N) is 1. The second kappa shape index (κ2) is 9.59. The molecule has 166 valence electrons. The van der Waals surface area contributed by atoms with Gasteiger partial charge in [0.05, 0.1) is 22.0 Å². The number of alkyl halides is 3. The summed E-state index contributed by atoms with van der Waals surface area (Å²) in [6.07, 6.45) is -3.24. The zero-order valence-corrected chi connectivity index (χ0v) is 18.2.